The first kappa shape index (κ1) is 15.0. The second-order valence-corrected chi connectivity index (χ2v) is 7.45. The van der Waals surface area contributed by atoms with Crippen molar-refractivity contribution in [2.45, 2.75) is 78.3 Å². The van der Waals surface area contributed by atoms with E-state index in [1.165, 1.54) is 38.6 Å². The molecule has 1 saturated carbocycles. The molecule has 0 heterocycles. The van der Waals surface area contributed by atoms with Gasteiger partial charge in [0.15, 0.2) is 0 Å². The summed E-state index contributed by atoms with van der Waals surface area (Å²) in [5.74, 6) is 0. The van der Waals surface area contributed by atoms with E-state index >= 15 is 0 Å². The van der Waals surface area contributed by atoms with Crippen molar-refractivity contribution in [2.24, 2.45) is 5.41 Å². The topological polar surface area (TPSA) is 24.1 Å². The molecular weight excluding hydrogens is 208 g/mol. The third kappa shape index (κ3) is 8.62. The summed E-state index contributed by atoms with van der Waals surface area (Å²) in [7, 11) is 0. The lowest BCUT2D eigenvalue weighted by molar-refractivity contribution is 0.265. The van der Waals surface area contributed by atoms with E-state index in [9.17, 15) is 0 Å². The fraction of sp³-hybridized carbons (Fsp3) is 1.00. The molecule has 1 aliphatic carbocycles. The molecule has 0 amide bonds. The van der Waals surface area contributed by atoms with Gasteiger partial charge >= 0.3 is 0 Å². The maximum atomic E-state index is 3.62. The van der Waals surface area contributed by atoms with Crippen molar-refractivity contribution in [2.75, 3.05) is 13.1 Å². The van der Waals surface area contributed by atoms with E-state index in [1.807, 2.05) is 0 Å². The van der Waals surface area contributed by atoms with E-state index in [-0.39, 0.29) is 5.54 Å². The maximum absolute atomic E-state index is 3.62. The summed E-state index contributed by atoms with van der Waals surface area (Å²) in [5, 5.41) is 7.20. The van der Waals surface area contributed by atoms with Crippen LogP contribution in [0.5, 0.6) is 0 Å². The first-order valence-corrected chi connectivity index (χ1v) is 7.27. The van der Waals surface area contributed by atoms with Gasteiger partial charge in [-0.05, 0) is 58.4 Å². The monoisotopic (exact) mass is 240 g/mol. The van der Waals surface area contributed by atoms with Gasteiger partial charge in [0.25, 0.3) is 0 Å². The van der Waals surface area contributed by atoms with E-state index < -0.39 is 0 Å². The van der Waals surface area contributed by atoms with E-state index in [0.29, 0.717) is 5.41 Å². The van der Waals surface area contributed by atoms with E-state index in [4.69, 9.17) is 0 Å². The Bertz CT molecular complexity index is 211. The summed E-state index contributed by atoms with van der Waals surface area (Å²) < 4.78 is 0. The second-order valence-electron chi connectivity index (χ2n) is 7.45. The van der Waals surface area contributed by atoms with Crippen LogP contribution in [0.1, 0.15) is 66.7 Å². The van der Waals surface area contributed by atoms with Gasteiger partial charge in [0.2, 0.25) is 0 Å². The van der Waals surface area contributed by atoms with Crippen LogP contribution in [0.15, 0.2) is 0 Å². The quantitative estimate of drug-likeness (QED) is 0.636. The molecule has 0 aromatic heterocycles. The summed E-state index contributed by atoms with van der Waals surface area (Å²) in [6.07, 6.45) is 6.80. The lowest BCUT2D eigenvalue weighted by atomic mass is 9.86. The number of unbranched alkanes of at least 4 members (excludes halogenated alkanes) is 1. The van der Waals surface area contributed by atoms with Gasteiger partial charge in [-0.25, -0.2) is 0 Å². The molecule has 102 valence electrons. The van der Waals surface area contributed by atoms with Gasteiger partial charge < -0.3 is 10.6 Å². The first-order chi connectivity index (χ1) is 7.79. The molecule has 0 aromatic rings. The van der Waals surface area contributed by atoms with Crippen molar-refractivity contribution in [3.63, 3.8) is 0 Å². The van der Waals surface area contributed by atoms with Gasteiger partial charge in [0, 0.05) is 18.1 Å². The van der Waals surface area contributed by atoms with Gasteiger partial charge in [-0.15, -0.1) is 0 Å². The molecule has 2 nitrogen and oxygen atoms in total. The van der Waals surface area contributed by atoms with Crippen LogP contribution < -0.4 is 10.6 Å². The average molecular weight is 240 g/mol. The SMILES string of the molecule is CC(C)(CCCCNC1CC1)CNC(C)(C)C. The molecule has 17 heavy (non-hydrogen) atoms. The standard InChI is InChI=1S/C15H32N2/c1-14(2,3)17-12-15(4,5)10-6-7-11-16-13-8-9-13/h13,16-17H,6-12H2,1-5H3. The zero-order valence-electron chi connectivity index (χ0n) is 12.5. The Morgan fingerprint density at radius 1 is 1.00 bits per heavy atom. The summed E-state index contributed by atoms with van der Waals surface area (Å²) >= 11 is 0. The van der Waals surface area contributed by atoms with Crippen LogP contribution in [0.2, 0.25) is 0 Å². The summed E-state index contributed by atoms with van der Waals surface area (Å²) in [4.78, 5) is 0. The summed E-state index contributed by atoms with van der Waals surface area (Å²) in [5.41, 5.74) is 0.664. The van der Waals surface area contributed by atoms with Gasteiger partial charge in [0.05, 0.1) is 0 Å². The van der Waals surface area contributed by atoms with Crippen LogP contribution >= 0.6 is 0 Å². The molecule has 0 saturated heterocycles. The molecule has 0 bridgehead atoms. The largest absolute Gasteiger partial charge is 0.314 e. The Balaban J connectivity index is 2.01. The predicted octanol–water partition coefficient (Wildman–Crippen LogP) is 3.32. The number of rotatable bonds is 8. The Labute approximate surface area is 108 Å². The molecule has 0 atom stereocenters. The molecular formula is C15H32N2. The molecule has 2 N–H and O–H groups in total. The zero-order chi connectivity index (χ0) is 12.9. The maximum Gasteiger partial charge on any atom is 0.00967 e. The van der Waals surface area contributed by atoms with E-state index in [0.717, 1.165) is 12.6 Å². The molecule has 1 rings (SSSR count). The average Bonchev–Trinajstić information content (AvgIpc) is 2.97. The van der Waals surface area contributed by atoms with Gasteiger partial charge in [-0.2, -0.15) is 0 Å². The summed E-state index contributed by atoms with van der Waals surface area (Å²) in [6, 6.07) is 0.866. The smallest absolute Gasteiger partial charge is 0.00967 e. The highest BCUT2D eigenvalue weighted by Gasteiger charge is 2.21. The number of nitrogens with one attached hydrogen (secondary N) is 2. The molecule has 0 aliphatic heterocycles. The minimum absolute atomic E-state index is 0.241. The molecule has 0 spiro atoms. The Morgan fingerprint density at radius 3 is 2.18 bits per heavy atom. The highest BCUT2D eigenvalue weighted by molar-refractivity contribution is 4.81. The minimum Gasteiger partial charge on any atom is -0.314 e. The highest BCUT2D eigenvalue weighted by Crippen LogP contribution is 2.23. The Kier molecular flexibility index (Phi) is 5.46. The molecule has 0 unspecified atom stereocenters. The lowest BCUT2D eigenvalue weighted by Gasteiger charge is -2.30. The van der Waals surface area contributed by atoms with Crippen LogP contribution in [0.3, 0.4) is 0 Å². The normalized spacial score (nSPS) is 17.5. The van der Waals surface area contributed by atoms with Crippen LogP contribution in [0.4, 0.5) is 0 Å². The fourth-order valence-electron chi connectivity index (χ4n) is 1.92. The van der Waals surface area contributed by atoms with Crippen molar-refractivity contribution in [3.05, 3.63) is 0 Å². The first-order valence-electron chi connectivity index (χ1n) is 7.27. The van der Waals surface area contributed by atoms with Crippen LogP contribution in [-0.2, 0) is 0 Å². The highest BCUT2D eigenvalue weighted by atomic mass is 15.0. The zero-order valence-corrected chi connectivity index (χ0v) is 12.5. The minimum atomic E-state index is 0.241. The molecule has 0 radical (unpaired) electrons. The predicted molar refractivity (Wildman–Crippen MR) is 76.4 cm³/mol. The second kappa shape index (κ2) is 6.19. The molecule has 2 heteroatoms. The van der Waals surface area contributed by atoms with Crippen molar-refractivity contribution >= 4 is 0 Å². The molecule has 1 fully saturated rings. The third-order valence-electron chi connectivity index (χ3n) is 3.39. The Morgan fingerprint density at radius 2 is 1.65 bits per heavy atom. The molecule has 1 aliphatic rings. The van der Waals surface area contributed by atoms with Crippen LogP contribution in [-0.4, -0.2) is 24.7 Å². The Hall–Kier alpha value is -0.0800. The molecule has 0 aromatic carbocycles. The lowest BCUT2D eigenvalue weighted by Crippen LogP contribution is -2.42. The van der Waals surface area contributed by atoms with Crippen molar-refractivity contribution in [3.8, 4) is 0 Å². The fourth-order valence-corrected chi connectivity index (χ4v) is 1.92. The number of hydrogen-bond acceptors (Lipinski definition) is 2. The summed E-state index contributed by atoms with van der Waals surface area (Å²) in [6.45, 7) is 13.8. The third-order valence-corrected chi connectivity index (χ3v) is 3.39. The van der Waals surface area contributed by atoms with Gasteiger partial charge in [-0.1, -0.05) is 20.3 Å². The van der Waals surface area contributed by atoms with Gasteiger partial charge in [0.1, 0.15) is 0 Å². The van der Waals surface area contributed by atoms with Gasteiger partial charge in [-0.3, -0.25) is 0 Å². The van der Waals surface area contributed by atoms with E-state index in [2.05, 4.69) is 45.3 Å². The number of hydrogen-bond donors (Lipinski definition) is 2. The van der Waals surface area contributed by atoms with Crippen molar-refractivity contribution in [1.29, 1.82) is 0 Å². The van der Waals surface area contributed by atoms with Crippen molar-refractivity contribution in [1.82, 2.24) is 10.6 Å². The van der Waals surface area contributed by atoms with Crippen molar-refractivity contribution < 1.29 is 0 Å². The van der Waals surface area contributed by atoms with E-state index in [1.54, 1.807) is 0 Å². The van der Waals surface area contributed by atoms with Crippen LogP contribution in [0, 0.1) is 5.41 Å². The van der Waals surface area contributed by atoms with Crippen LogP contribution in [0.25, 0.3) is 0 Å².